The second-order valence-electron chi connectivity index (χ2n) is 3.66. The quantitative estimate of drug-likeness (QED) is 0.658. The van der Waals surface area contributed by atoms with Crippen LogP contribution in [0.15, 0.2) is 18.2 Å². The van der Waals surface area contributed by atoms with E-state index in [0.29, 0.717) is 5.92 Å². The fraction of sp³-hybridized carbons (Fsp3) is 0.500. The van der Waals surface area contributed by atoms with E-state index in [0.717, 1.165) is 24.0 Å². The van der Waals surface area contributed by atoms with Crippen LogP contribution in [0.2, 0.25) is 0 Å². The predicted molar refractivity (Wildman–Crippen MR) is 54.5 cm³/mol. The van der Waals surface area contributed by atoms with Crippen molar-refractivity contribution in [1.82, 2.24) is 0 Å². The van der Waals surface area contributed by atoms with E-state index < -0.39 is 0 Å². The molecule has 0 heterocycles. The molecule has 0 nitrogen and oxygen atoms in total. The molecule has 0 fully saturated rings. The lowest BCUT2D eigenvalue weighted by atomic mass is 9.92. The van der Waals surface area contributed by atoms with E-state index in [1.807, 2.05) is 13.0 Å². The van der Waals surface area contributed by atoms with Gasteiger partial charge in [-0.25, -0.2) is 4.39 Å². The van der Waals surface area contributed by atoms with Crippen molar-refractivity contribution in [1.29, 1.82) is 0 Å². The van der Waals surface area contributed by atoms with E-state index in [9.17, 15) is 4.39 Å². The molecular weight excluding hydrogens is 163 g/mol. The minimum absolute atomic E-state index is 0.0547. The van der Waals surface area contributed by atoms with Gasteiger partial charge in [0, 0.05) is 0 Å². The van der Waals surface area contributed by atoms with Crippen LogP contribution in [-0.4, -0.2) is 0 Å². The molecule has 0 bridgehead atoms. The van der Waals surface area contributed by atoms with Gasteiger partial charge in [-0.15, -0.1) is 0 Å². The minimum Gasteiger partial charge on any atom is -0.207 e. The van der Waals surface area contributed by atoms with Gasteiger partial charge < -0.3 is 0 Å². The van der Waals surface area contributed by atoms with Crippen molar-refractivity contribution in [2.24, 2.45) is 0 Å². The van der Waals surface area contributed by atoms with E-state index >= 15 is 0 Å². The third-order valence-corrected chi connectivity index (χ3v) is 2.49. The number of rotatable bonds is 3. The van der Waals surface area contributed by atoms with Gasteiger partial charge in [-0.05, 0) is 36.5 Å². The third kappa shape index (κ3) is 2.30. The van der Waals surface area contributed by atoms with Crippen LogP contribution in [-0.2, 0) is 0 Å². The summed E-state index contributed by atoms with van der Waals surface area (Å²) in [5.74, 6) is 0.284. The molecule has 1 heteroatoms. The fourth-order valence-corrected chi connectivity index (χ4v) is 1.85. The summed E-state index contributed by atoms with van der Waals surface area (Å²) in [4.78, 5) is 0. The molecule has 1 atom stereocenters. The zero-order valence-electron chi connectivity index (χ0n) is 8.60. The maximum absolute atomic E-state index is 13.4. The Morgan fingerprint density at radius 2 is 2.08 bits per heavy atom. The Morgan fingerprint density at radius 1 is 1.38 bits per heavy atom. The zero-order chi connectivity index (χ0) is 9.84. The first-order valence-corrected chi connectivity index (χ1v) is 4.91. The van der Waals surface area contributed by atoms with Gasteiger partial charge >= 0.3 is 0 Å². The van der Waals surface area contributed by atoms with Crippen LogP contribution in [0.1, 0.15) is 43.7 Å². The van der Waals surface area contributed by atoms with Crippen molar-refractivity contribution in [3.05, 3.63) is 35.1 Å². The summed E-state index contributed by atoms with van der Waals surface area (Å²) in [6.45, 7) is 6.20. The van der Waals surface area contributed by atoms with Gasteiger partial charge in [0.05, 0.1) is 0 Å². The molecule has 1 rings (SSSR count). The van der Waals surface area contributed by atoms with Gasteiger partial charge in [0.2, 0.25) is 0 Å². The molecule has 0 saturated carbocycles. The van der Waals surface area contributed by atoms with Crippen molar-refractivity contribution >= 4 is 0 Å². The number of aryl methyl sites for hydroxylation is 1. The van der Waals surface area contributed by atoms with Gasteiger partial charge in [-0.1, -0.05) is 32.4 Å². The summed E-state index contributed by atoms with van der Waals surface area (Å²) in [7, 11) is 0. The average Bonchev–Trinajstić information content (AvgIpc) is 2.04. The average molecular weight is 180 g/mol. The largest absolute Gasteiger partial charge is 0.207 e. The zero-order valence-corrected chi connectivity index (χ0v) is 8.60. The smallest absolute Gasteiger partial charge is 0.126 e. The highest BCUT2D eigenvalue weighted by Gasteiger charge is 2.11. The van der Waals surface area contributed by atoms with Crippen molar-refractivity contribution in [3.8, 4) is 0 Å². The lowest BCUT2D eigenvalue weighted by Gasteiger charge is -2.14. The Morgan fingerprint density at radius 3 is 2.62 bits per heavy atom. The van der Waals surface area contributed by atoms with Gasteiger partial charge in [-0.3, -0.25) is 0 Å². The predicted octanol–water partition coefficient (Wildman–Crippen LogP) is 4.04. The molecule has 0 aliphatic heterocycles. The maximum atomic E-state index is 13.4. The first-order chi connectivity index (χ1) is 6.16. The molecule has 0 aliphatic carbocycles. The molecule has 0 aromatic heterocycles. The topological polar surface area (TPSA) is 0 Å². The van der Waals surface area contributed by atoms with Gasteiger partial charge in [0.15, 0.2) is 0 Å². The molecule has 0 spiro atoms. The molecule has 0 aliphatic rings. The van der Waals surface area contributed by atoms with Crippen LogP contribution >= 0.6 is 0 Å². The SMILES string of the molecule is CCCC(C)c1c(C)cccc1F. The third-order valence-electron chi connectivity index (χ3n) is 2.49. The molecule has 1 aromatic rings. The van der Waals surface area contributed by atoms with Gasteiger partial charge in [0.1, 0.15) is 5.82 Å². The van der Waals surface area contributed by atoms with E-state index in [2.05, 4.69) is 13.8 Å². The summed E-state index contributed by atoms with van der Waals surface area (Å²) in [5.41, 5.74) is 1.96. The lowest BCUT2D eigenvalue weighted by Crippen LogP contribution is -1.99. The van der Waals surface area contributed by atoms with Crippen LogP contribution in [0.3, 0.4) is 0 Å². The summed E-state index contributed by atoms with van der Waals surface area (Å²) < 4.78 is 13.4. The highest BCUT2D eigenvalue weighted by atomic mass is 19.1. The Bertz CT molecular complexity index is 258. The van der Waals surface area contributed by atoms with Crippen LogP contribution in [0.25, 0.3) is 0 Å². The summed E-state index contributed by atoms with van der Waals surface area (Å²) in [5, 5.41) is 0. The second-order valence-corrected chi connectivity index (χ2v) is 3.66. The summed E-state index contributed by atoms with van der Waals surface area (Å²) in [6.07, 6.45) is 2.16. The number of hydrogen-bond acceptors (Lipinski definition) is 0. The van der Waals surface area contributed by atoms with Gasteiger partial charge in [0.25, 0.3) is 0 Å². The summed E-state index contributed by atoms with van der Waals surface area (Å²) in [6, 6.07) is 5.30. The molecule has 0 saturated heterocycles. The normalized spacial score (nSPS) is 12.9. The van der Waals surface area contributed by atoms with E-state index in [1.54, 1.807) is 12.1 Å². The molecule has 13 heavy (non-hydrogen) atoms. The van der Waals surface area contributed by atoms with Gasteiger partial charge in [-0.2, -0.15) is 0 Å². The molecular formula is C12H17F. The Labute approximate surface area is 79.8 Å². The molecule has 0 amide bonds. The standard InChI is InChI=1S/C12H17F/c1-4-6-9(2)12-10(3)7-5-8-11(12)13/h5,7-9H,4,6H2,1-3H3. The highest BCUT2D eigenvalue weighted by Crippen LogP contribution is 2.26. The van der Waals surface area contributed by atoms with E-state index in [4.69, 9.17) is 0 Å². The molecule has 0 N–H and O–H groups in total. The van der Waals surface area contributed by atoms with Crippen LogP contribution in [0.4, 0.5) is 4.39 Å². The minimum atomic E-state index is -0.0547. The van der Waals surface area contributed by atoms with Crippen molar-refractivity contribution < 1.29 is 4.39 Å². The lowest BCUT2D eigenvalue weighted by molar-refractivity contribution is 0.568. The van der Waals surface area contributed by atoms with Crippen molar-refractivity contribution in [2.75, 3.05) is 0 Å². The first kappa shape index (κ1) is 10.2. The van der Waals surface area contributed by atoms with E-state index in [1.165, 1.54) is 0 Å². The molecule has 1 unspecified atom stereocenters. The molecule has 72 valence electrons. The van der Waals surface area contributed by atoms with Crippen LogP contribution in [0, 0.1) is 12.7 Å². The van der Waals surface area contributed by atoms with E-state index in [-0.39, 0.29) is 5.82 Å². The van der Waals surface area contributed by atoms with Crippen molar-refractivity contribution in [2.45, 2.75) is 39.5 Å². The summed E-state index contributed by atoms with van der Waals surface area (Å²) >= 11 is 0. The number of hydrogen-bond donors (Lipinski definition) is 0. The van der Waals surface area contributed by atoms with Crippen LogP contribution in [0.5, 0.6) is 0 Å². The highest BCUT2D eigenvalue weighted by molar-refractivity contribution is 5.30. The number of halogens is 1. The Kier molecular flexibility index (Phi) is 3.47. The Hall–Kier alpha value is -0.850. The van der Waals surface area contributed by atoms with Crippen molar-refractivity contribution in [3.63, 3.8) is 0 Å². The first-order valence-electron chi connectivity index (χ1n) is 4.91. The molecule has 1 aromatic carbocycles. The monoisotopic (exact) mass is 180 g/mol. The Balaban J connectivity index is 2.98. The second kappa shape index (κ2) is 4.40. The number of benzene rings is 1. The fourth-order valence-electron chi connectivity index (χ4n) is 1.85. The maximum Gasteiger partial charge on any atom is 0.126 e. The molecule has 0 radical (unpaired) electrons. The van der Waals surface area contributed by atoms with Crippen LogP contribution < -0.4 is 0 Å².